The molecule has 0 bridgehead atoms. The third-order valence-corrected chi connectivity index (χ3v) is 5.01. The number of fused-ring (bicyclic) bond motifs is 1. The Labute approximate surface area is 173 Å². The molecule has 152 valence electrons. The van der Waals surface area contributed by atoms with E-state index >= 15 is 0 Å². The van der Waals surface area contributed by atoms with Gasteiger partial charge >= 0.3 is 5.97 Å². The van der Waals surface area contributed by atoms with Crippen LogP contribution in [-0.4, -0.2) is 27.7 Å². The highest BCUT2D eigenvalue weighted by molar-refractivity contribution is 5.91. The predicted molar refractivity (Wildman–Crippen MR) is 114 cm³/mol. The van der Waals surface area contributed by atoms with Gasteiger partial charge in [0.1, 0.15) is 11.6 Å². The lowest BCUT2D eigenvalue weighted by molar-refractivity contribution is 0.0594. The van der Waals surface area contributed by atoms with Gasteiger partial charge in [-0.3, -0.25) is 0 Å². The number of benzene rings is 2. The van der Waals surface area contributed by atoms with Gasteiger partial charge in [0.15, 0.2) is 11.3 Å². The first-order valence-corrected chi connectivity index (χ1v) is 9.47. The number of hydrogen-bond donors (Lipinski definition) is 1. The third-order valence-electron chi connectivity index (χ3n) is 5.01. The second kappa shape index (κ2) is 7.59. The van der Waals surface area contributed by atoms with Crippen LogP contribution in [-0.2, 0) is 4.74 Å². The number of carbonyl (C=O) groups is 1. The van der Waals surface area contributed by atoms with Crippen LogP contribution in [0.1, 0.15) is 27.3 Å². The molecule has 0 aliphatic carbocycles. The number of aromatic nitrogens is 3. The summed E-state index contributed by atoms with van der Waals surface area (Å²) >= 11 is 0. The van der Waals surface area contributed by atoms with Crippen molar-refractivity contribution in [3.63, 3.8) is 0 Å². The molecule has 30 heavy (non-hydrogen) atoms. The summed E-state index contributed by atoms with van der Waals surface area (Å²) in [4.78, 5) is 16.9. The van der Waals surface area contributed by atoms with E-state index in [1.165, 1.54) is 19.2 Å². The first-order chi connectivity index (χ1) is 14.4. The van der Waals surface area contributed by atoms with Crippen molar-refractivity contribution in [3.05, 3.63) is 76.9 Å². The molecule has 0 spiro atoms. The van der Waals surface area contributed by atoms with E-state index in [1.807, 2.05) is 39.0 Å². The van der Waals surface area contributed by atoms with E-state index in [1.54, 1.807) is 22.7 Å². The van der Waals surface area contributed by atoms with Crippen molar-refractivity contribution in [2.75, 3.05) is 12.4 Å². The number of methoxy groups -OCH3 is 1. The zero-order valence-electron chi connectivity index (χ0n) is 17.2. The van der Waals surface area contributed by atoms with Crippen LogP contribution in [0.4, 0.5) is 15.9 Å². The Kier molecular flexibility index (Phi) is 4.95. The summed E-state index contributed by atoms with van der Waals surface area (Å²) in [5.74, 6) is -0.360. The largest absolute Gasteiger partial charge is 0.464 e. The number of ether oxygens (including phenoxy) is 1. The fraction of sp³-hybridized carbons (Fsp3) is 0.174. The van der Waals surface area contributed by atoms with Crippen molar-refractivity contribution in [1.29, 1.82) is 0 Å². The zero-order valence-corrected chi connectivity index (χ0v) is 17.2. The number of hydrogen-bond acceptors (Lipinski definition) is 5. The molecule has 0 radical (unpaired) electrons. The van der Waals surface area contributed by atoms with Gasteiger partial charge < -0.3 is 10.1 Å². The van der Waals surface area contributed by atoms with E-state index in [-0.39, 0.29) is 11.5 Å². The highest BCUT2D eigenvalue weighted by Crippen LogP contribution is 2.34. The van der Waals surface area contributed by atoms with Crippen LogP contribution in [0.15, 0.2) is 48.5 Å². The van der Waals surface area contributed by atoms with Gasteiger partial charge in [-0.1, -0.05) is 18.2 Å². The number of rotatable bonds is 4. The van der Waals surface area contributed by atoms with Crippen LogP contribution in [0, 0.1) is 26.6 Å². The first kappa shape index (κ1) is 19.6. The molecule has 0 aliphatic heterocycles. The van der Waals surface area contributed by atoms with Crippen LogP contribution < -0.4 is 5.32 Å². The maximum Gasteiger partial charge on any atom is 0.356 e. The summed E-state index contributed by atoms with van der Waals surface area (Å²) in [5.41, 5.74) is 6.20. The molecule has 0 unspecified atom stereocenters. The molecule has 4 aromatic rings. The van der Waals surface area contributed by atoms with Gasteiger partial charge in [-0.2, -0.15) is 9.61 Å². The molecule has 7 heteroatoms. The van der Waals surface area contributed by atoms with Gasteiger partial charge in [-0.15, -0.1) is 0 Å². The first-order valence-electron chi connectivity index (χ1n) is 9.47. The van der Waals surface area contributed by atoms with Crippen molar-refractivity contribution in [1.82, 2.24) is 14.6 Å². The maximum atomic E-state index is 13.3. The fourth-order valence-electron chi connectivity index (χ4n) is 3.60. The van der Waals surface area contributed by atoms with E-state index in [9.17, 15) is 9.18 Å². The van der Waals surface area contributed by atoms with E-state index < -0.39 is 5.97 Å². The Balaban J connectivity index is 1.98. The number of halogens is 1. The summed E-state index contributed by atoms with van der Waals surface area (Å²) < 4.78 is 19.9. The maximum absolute atomic E-state index is 13.3. The molecule has 0 atom stereocenters. The van der Waals surface area contributed by atoms with E-state index in [4.69, 9.17) is 4.74 Å². The third kappa shape index (κ3) is 3.39. The minimum atomic E-state index is -0.550. The van der Waals surface area contributed by atoms with Crippen LogP contribution >= 0.6 is 0 Å². The quantitative estimate of drug-likeness (QED) is 0.485. The number of aryl methyl sites for hydroxylation is 3. The molecule has 0 amide bonds. The van der Waals surface area contributed by atoms with Gasteiger partial charge in [0, 0.05) is 11.8 Å². The minimum absolute atomic E-state index is 0.155. The molecule has 2 aromatic carbocycles. The van der Waals surface area contributed by atoms with E-state index in [0.29, 0.717) is 17.2 Å². The zero-order chi connectivity index (χ0) is 21.4. The van der Waals surface area contributed by atoms with Gasteiger partial charge in [-0.05, 0) is 61.7 Å². The monoisotopic (exact) mass is 404 g/mol. The normalized spacial score (nSPS) is 11.0. The molecular formula is C23H21FN4O2. The van der Waals surface area contributed by atoms with Crippen LogP contribution in [0.3, 0.4) is 0 Å². The molecule has 1 N–H and O–H groups in total. The standard InChI is InChI=1S/C23H21FN4O2/c1-13-6-5-7-14(2)20(13)21-15(3)27-28-19(25-17-10-8-16(24)9-11-17)12-18(23(29)30-4)26-22(21)28/h5-12,25H,1-4H3. The Morgan fingerprint density at radius 2 is 1.70 bits per heavy atom. The Hall–Kier alpha value is -3.74. The number of nitrogens with one attached hydrogen (secondary N) is 1. The molecule has 4 rings (SSSR count). The molecule has 0 aliphatic rings. The van der Waals surface area contributed by atoms with Gasteiger partial charge in [0.2, 0.25) is 0 Å². The van der Waals surface area contributed by atoms with E-state index in [2.05, 4.69) is 15.4 Å². The van der Waals surface area contributed by atoms with Gasteiger partial charge in [-0.25, -0.2) is 14.2 Å². The number of esters is 1. The Morgan fingerprint density at radius 3 is 2.33 bits per heavy atom. The lowest BCUT2D eigenvalue weighted by atomic mass is 9.96. The molecule has 2 aromatic heterocycles. The van der Waals surface area contributed by atoms with Crippen molar-refractivity contribution in [2.45, 2.75) is 20.8 Å². The minimum Gasteiger partial charge on any atom is -0.464 e. The van der Waals surface area contributed by atoms with Gasteiger partial charge in [0.05, 0.1) is 18.4 Å². The number of anilines is 2. The van der Waals surface area contributed by atoms with Crippen LogP contribution in [0.5, 0.6) is 0 Å². The predicted octanol–water partition coefficient (Wildman–Crippen LogP) is 4.99. The average Bonchev–Trinajstić information content (AvgIpc) is 3.05. The molecule has 0 saturated heterocycles. The van der Waals surface area contributed by atoms with Gasteiger partial charge in [0.25, 0.3) is 0 Å². The van der Waals surface area contributed by atoms with Crippen molar-refractivity contribution in [3.8, 4) is 11.1 Å². The highest BCUT2D eigenvalue weighted by atomic mass is 19.1. The summed E-state index contributed by atoms with van der Waals surface area (Å²) in [6.45, 7) is 5.98. The van der Waals surface area contributed by atoms with Crippen LogP contribution in [0.2, 0.25) is 0 Å². The summed E-state index contributed by atoms with van der Waals surface area (Å²) in [6, 6.07) is 13.6. The lowest BCUT2D eigenvalue weighted by Crippen LogP contribution is -2.09. The van der Waals surface area contributed by atoms with Crippen molar-refractivity contribution in [2.24, 2.45) is 0 Å². The Bertz CT molecular complexity index is 1240. The lowest BCUT2D eigenvalue weighted by Gasteiger charge is -2.12. The van der Waals surface area contributed by atoms with Crippen LogP contribution in [0.25, 0.3) is 16.8 Å². The smallest absolute Gasteiger partial charge is 0.356 e. The molecule has 0 saturated carbocycles. The van der Waals surface area contributed by atoms with E-state index in [0.717, 1.165) is 27.9 Å². The second-order valence-corrected chi connectivity index (χ2v) is 7.11. The topological polar surface area (TPSA) is 68.5 Å². The highest BCUT2D eigenvalue weighted by Gasteiger charge is 2.21. The summed E-state index contributed by atoms with van der Waals surface area (Å²) in [5, 5.41) is 7.88. The molecule has 2 heterocycles. The fourth-order valence-corrected chi connectivity index (χ4v) is 3.60. The summed E-state index contributed by atoms with van der Waals surface area (Å²) in [6.07, 6.45) is 0. The summed E-state index contributed by atoms with van der Waals surface area (Å²) in [7, 11) is 1.31. The van der Waals surface area contributed by atoms with Crippen molar-refractivity contribution < 1.29 is 13.9 Å². The molecule has 0 fully saturated rings. The van der Waals surface area contributed by atoms with Crippen molar-refractivity contribution >= 4 is 23.1 Å². The molecule has 6 nitrogen and oxygen atoms in total. The second-order valence-electron chi connectivity index (χ2n) is 7.11. The number of nitrogens with zero attached hydrogens (tertiary/aromatic N) is 3. The SMILES string of the molecule is COC(=O)c1cc(Nc2ccc(F)cc2)n2nc(C)c(-c3c(C)cccc3C)c2n1. The number of carbonyl (C=O) groups excluding carboxylic acids is 1. The average molecular weight is 404 g/mol. The Morgan fingerprint density at radius 1 is 1.03 bits per heavy atom. The molecular weight excluding hydrogens is 383 g/mol.